The molecule has 29 heavy (non-hydrogen) atoms. The summed E-state index contributed by atoms with van der Waals surface area (Å²) in [4.78, 5) is 19.5. The second-order valence-corrected chi connectivity index (χ2v) is 7.62. The van der Waals surface area contributed by atoms with Crippen LogP contribution in [0.5, 0.6) is 0 Å². The van der Waals surface area contributed by atoms with Crippen molar-refractivity contribution in [3.05, 3.63) is 89.6 Å². The molecule has 4 rings (SSSR count). The highest BCUT2D eigenvalue weighted by Crippen LogP contribution is 2.28. The van der Waals surface area contributed by atoms with Gasteiger partial charge in [-0.25, -0.2) is 0 Å². The first-order valence-electron chi connectivity index (χ1n) is 10.2. The number of likely N-dealkylation sites (tertiary alicyclic amines) is 1. The second-order valence-electron chi connectivity index (χ2n) is 7.62. The van der Waals surface area contributed by atoms with Crippen molar-refractivity contribution in [3.8, 4) is 11.3 Å². The minimum absolute atomic E-state index is 0.00332. The predicted octanol–water partition coefficient (Wildman–Crippen LogP) is 4.65. The molecule has 2 heterocycles. The Morgan fingerprint density at radius 1 is 1.00 bits per heavy atom. The van der Waals surface area contributed by atoms with Gasteiger partial charge in [0.25, 0.3) is 5.91 Å². The van der Waals surface area contributed by atoms with Crippen molar-refractivity contribution in [1.29, 1.82) is 0 Å². The first-order valence-corrected chi connectivity index (χ1v) is 10.2. The van der Waals surface area contributed by atoms with Gasteiger partial charge >= 0.3 is 0 Å². The average Bonchev–Trinajstić information content (AvgIpc) is 3.06. The van der Waals surface area contributed by atoms with Crippen molar-refractivity contribution in [2.45, 2.75) is 31.8 Å². The van der Waals surface area contributed by atoms with Crippen LogP contribution in [0.1, 0.15) is 46.7 Å². The molecule has 148 valence electrons. The molecule has 2 aromatic carbocycles. The molecule has 4 nitrogen and oxygen atoms in total. The maximum absolute atomic E-state index is 13.0. The van der Waals surface area contributed by atoms with Crippen molar-refractivity contribution in [2.75, 3.05) is 13.1 Å². The van der Waals surface area contributed by atoms with Crippen LogP contribution < -0.4 is 0 Å². The molecular weight excluding hydrogens is 360 g/mol. The third kappa shape index (κ3) is 4.54. The molecule has 1 aliphatic heterocycles. The van der Waals surface area contributed by atoms with Gasteiger partial charge in [0.1, 0.15) is 0 Å². The monoisotopic (exact) mass is 386 g/mol. The largest absolute Gasteiger partial charge is 0.392 e. The fourth-order valence-corrected chi connectivity index (χ4v) is 4.06. The van der Waals surface area contributed by atoms with E-state index in [0.29, 0.717) is 11.5 Å². The van der Waals surface area contributed by atoms with Crippen molar-refractivity contribution in [1.82, 2.24) is 9.88 Å². The molecule has 1 saturated heterocycles. The van der Waals surface area contributed by atoms with Crippen molar-refractivity contribution in [3.63, 3.8) is 0 Å². The summed E-state index contributed by atoms with van der Waals surface area (Å²) in [6.45, 7) is 1.57. The van der Waals surface area contributed by atoms with Gasteiger partial charge in [0, 0.05) is 24.8 Å². The number of aromatic nitrogens is 1. The molecule has 1 aromatic heterocycles. The molecule has 0 bridgehead atoms. The molecule has 1 N–H and O–H groups in total. The van der Waals surface area contributed by atoms with Gasteiger partial charge in [-0.1, -0.05) is 48.5 Å². The van der Waals surface area contributed by atoms with Crippen LogP contribution in [-0.2, 0) is 6.61 Å². The average molecular weight is 386 g/mol. The standard InChI is InChI=1S/C25H26N2O2/c28-18-19-6-4-9-22(16-19)24-12-11-23(17-26-24)25(29)27-14-5-10-21(13-15-27)20-7-2-1-3-8-20/h1-4,6-9,11-12,16-17,21,28H,5,10,13-15,18H2/t21-/m0/s1. The maximum Gasteiger partial charge on any atom is 0.255 e. The van der Waals surface area contributed by atoms with Crippen LogP contribution >= 0.6 is 0 Å². The van der Waals surface area contributed by atoms with Crippen LogP contribution in [0.4, 0.5) is 0 Å². The van der Waals surface area contributed by atoms with E-state index in [9.17, 15) is 9.90 Å². The highest BCUT2D eigenvalue weighted by atomic mass is 16.3. The van der Waals surface area contributed by atoms with Crippen LogP contribution in [-0.4, -0.2) is 34.0 Å². The lowest BCUT2D eigenvalue weighted by molar-refractivity contribution is 0.0760. The van der Waals surface area contributed by atoms with Gasteiger partial charge in [0.15, 0.2) is 0 Å². The number of hydrogen-bond donors (Lipinski definition) is 1. The number of nitrogens with zero attached hydrogens (tertiary/aromatic N) is 2. The number of pyridine rings is 1. The van der Waals surface area contributed by atoms with E-state index in [1.807, 2.05) is 47.4 Å². The van der Waals surface area contributed by atoms with Crippen LogP contribution in [0.15, 0.2) is 72.9 Å². The van der Waals surface area contributed by atoms with E-state index in [0.717, 1.165) is 49.2 Å². The smallest absolute Gasteiger partial charge is 0.255 e. The van der Waals surface area contributed by atoms with Crippen LogP contribution in [0.2, 0.25) is 0 Å². The Labute approximate surface area is 171 Å². The second kappa shape index (κ2) is 9.01. The van der Waals surface area contributed by atoms with Crippen LogP contribution in [0, 0.1) is 0 Å². The topological polar surface area (TPSA) is 53.4 Å². The molecule has 0 aliphatic carbocycles. The quantitative estimate of drug-likeness (QED) is 0.710. The summed E-state index contributed by atoms with van der Waals surface area (Å²) in [5, 5.41) is 9.31. The Morgan fingerprint density at radius 3 is 2.62 bits per heavy atom. The fourth-order valence-electron chi connectivity index (χ4n) is 4.06. The summed E-state index contributed by atoms with van der Waals surface area (Å²) in [6.07, 6.45) is 4.80. The lowest BCUT2D eigenvalue weighted by Crippen LogP contribution is -2.32. The molecule has 0 radical (unpaired) electrons. The van der Waals surface area contributed by atoms with E-state index in [2.05, 4.69) is 29.2 Å². The van der Waals surface area contributed by atoms with E-state index in [4.69, 9.17) is 0 Å². The minimum Gasteiger partial charge on any atom is -0.392 e. The number of benzene rings is 2. The molecular formula is C25H26N2O2. The number of aliphatic hydroxyl groups excluding tert-OH is 1. The number of carbonyl (C=O) groups excluding carboxylic acids is 1. The van der Waals surface area contributed by atoms with Crippen molar-refractivity contribution >= 4 is 5.91 Å². The van der Waals surface area contributed by atoms with Crippen LogP contribution in [0.3, 0.4) is 0 Å². The molecule has 4 heteroatoms. The first kappa shape index (κ1) is 19.3. The summed E-state index contributed by atoms with van der Waals surface area (Å²) in [6, 6.07) is 22.0. The number of rotatable bonds is 4. The molecule has 1 fully saturated rings. The third-order valence-corrected chi connectivity index (χ3v) is 5.70. The van der Waals surface area contributed by atoms with E-state index >= 15 is 0 Å². The maximum atomic E-state index is 13.0. The Balaban J connectivity index is 1.44. The van der Waals surface area contributed by atoms with Gasteiger partial charge in [-0.2, -0.15) is 0 Å². The Hall–Kier alpha value is -2.98. The van der Waals surface area contributed by atoms with Gasteiger partial charge in [-0.15, -0.1) is 0 Å². The third-order valence-electron chi connectivity index (χ3n) is 5.70. The van der Waals surface area contributed by atoms with E-state index in [-0.39, 0.29) is 12.5 Å². The number of hydrogen-bond acceptors (Lipinski definition) is 3. The van der Waals surface area contributed by atoms with Crippen molar-refractivity contribution in [2.24, 2.45) is 0 Å². The Kier molecular flexibility index (Phi) is 6.01. The first-order chi connectivity index (χ1) is 14.2. The fraction of sp³-hybridized carbons (Fsp3) is 0.280. The summed E-state index contributed by atoms with van der Waals surface area (Å²) < 4.78 is 0. The Morgan fingerprint density at radius 2 is 1.86 bits per heavy atom. The molecule has 0 unspecified atom stereocenters. The zero-order chi connectivity index (χ0) is 20.1. The van der Waals surface area contributed by atoms with Gasteiger partial charge < -0.3 is 10.0 Å². The highest BCUT2D eigenvalue weighted by Gasteiger charge is 2.22. The lowest BCUT2D eigenvalue weighted by atomic mass is 9.92. The summed E-state index contributed by atoms with van der Waals surface area (Å²) in [7, 11) is 0. The van der Waals surface area contributed by atoms with E-state index < -0.39 is 0 Å². The molecule has 0 saturated carbocycles. The summed E-state index contributed by atoms with van der Waals surface area (Å²) >= 11 is 0. The molecule has 1 aliphatic rings. The molecule has 3 aromatic rings. The summed E-state index contributed by atoms with van der Waals surface area (Å²) in [5.41, 5.74) is 4.60. The van der Waals surface area contributed by atoms with Gasteiger partial charge in [0.2, 0.25) is 0 Å². The van der Waals surface area contributed by atoms with Gasteiger partial charge in [0.05, 0.1) is 17.9 Å². The van der Waals surface area contributed by atoms with Gasteiger partial charge in [-0.3, -0.25) is 9.78 Å². The lowest BCUT2D eigenvalue weighted by Gasteiger charge is -2.21. The number of carbonyl (C=O) groups is 1. The van der Waals surface area contributed by atoms with E-state index in [1.165, 1.54) is 5.56 Å². The minimum atomic E-state index is 0.00332. The summed E-state index contributed by atoms with van der Waals surface area (Å²) in [5.74, 6) is 0.579. The zero-order valence-corrected chi connectivity index (χ0v) is 16.5. The molecule has 1 amide bonds. The SMILES string of the molecule is O=C(c1ccc(-c2cccc(CO)c2)nc1)N1CCC[C@H](c2ccccc2)CC1. The molecule has 0 spiro atoms. The predicted molar refractivity (Wildman–Crippen MR) is 115 cm³/mol. The van der Waals surface area contributed by atoms with Gasteiger partial charge in [-0.05, 0) is 54.5 Å². The van der Waals surface area contributed by atoms with Crippen molar-refractivity contribution < 1.29 is 9.90 Å². The normalized spacial score (nSPS) is 17.0. The zero-order valence-electron chi connectivity index (χ0n) is 16.5. The highest BCUT2D eigenvalue weighted by molar-refractivity contribution is 5.94. The van der Waals surface area contributed by atoms with Crippen LogP contribution in [0.25, 0.3) is 11.3 Å². The number of amides is 1. The van der Waals surface area contributed by atoms with E-state index in [1.54, 1.807) is 6.20 Å². The number of aliphatic hydroxyl groups is 1. The molecule has 1 atom stereocenters. The Bertz CT molecular complexity index is 954.